The van der Waals surface area contributed by atoms with Gasteiger partial charge in [-0.25, -0.2) is 8.42 Å². The van der Waals surface area contributed by atoms with Gasteiger partial charge in [-0.05, 0) is 12.8 Å². The van der Waals surface area contributed by atoms with Crippen molar-refractivity contribution in [3.63, 3.8) is 0 Å². The number of amides is 1. The molecular formula is C17H30N2O4S. The quantitative estimate of drug-likeness (QED) is 0.699. The first-order valence-electron chi connectivity index (χ1n) is 9.26. The summed E-state index contributed by atoms with van der Waals surface area (Å²) in [6.45, 7) is 2.73. The largest absolute Gasteiger partial charge is 0.383 e. The van der Waals surface area contributed by atoms with Crippen LogP contribution in [-0.4, -0.2) is 81.1 Å². The van der Waals surface area contributed by atoms with E-state index in [2.05, 4.69) is 4.90 Å². The zero-order chi connectivity index (χ0) is 17.2. The first kappa shape index (κ1) is 18.1. The number of carbonyl (C=O) groups is 1. The fourth-order valence-electron chi connectivity index (χ4n) is 4.55. The lowest BCUT2D eigenvalue weighted by Crippen LogP contribution is -2.61. The molecule has 3 aliphatic rings. The third kappa shape index (κ3) is 3.94. The minimum atomic E-state index is -3.07. The lowest BCUT2D eigenvalue weighted by atomic mass is 9.95. The van der Waals surface area contributed by atoms with Crippen molar-refractivity contribution in [3.8, 4) is 0 Å². The van der Waals surface area contributed by atoms with Crippen molar-refractivity contribution in [1.82, 2.24) is 9.80 Å². The summed E-state index contributed by atoms with van der Waals surface area (Å²) in [6.07, 6.45) is 6.61. The summed E-state index contributed by atoms with van der Waals surface area (Å²) in [6, 6.07) is -0.231. The van der Waals surface area contributed by atoms with Crippen LogP contribution in [0.2, 0.25) is 0 Å². The lowest BCUT2D eigenvalue weighted by Gasteiger charge is -2.44. The number of sulfone groups is 1. The van der Waals surface area contributed by atoms with Gasteiger partial charge in [0.1, 0.15) is 0 Å². The lowest BCUT2D eigenvalue weighted by molar-refractivity contribution is -0.142. The summed E-state index contributed by atoms with van der Waals surface area (Å²) in [5.41, 5.74) is 0. The molecule has 0 aromatic carbocycles. The zero-order valence-corrected chi connectivity index (χ0v) is 15.5. The van der Waals surface area contributed by atoms with Gasteiger partial charge in [-0.3, -0.25) is 9.69 Å². The van der Waals surface area contributed by atoms with Gasteiger partial charge < -0.3 is 9.64 Å². The van der Waals surface area contributed by atoms with Crippen LogP contribution in [0.4, 0.5) is 0 Å². The Labute approximate surface area is 145 Å². The van der Waals surface area contributed by atoms with E-state index in [1.54, 1.807) is 7.11 Å². The summed E-state index contributed by atoms with van der Waals surface area (Å²) in [5, 5.41) is 0. The highest BCUT2D eigenvalue weighted by atomic mass is 32.2. The maximum absolute atomic E-state index is 13.1. The minimum Gasteiger partial charge on any atom is -0.383 e. The molecule has 2 saturated heterocycles. The number of ether oxygens (including phenoxy) is 1. The molecule has 0 spiro atoms. The van der Waals surface area contributed by atoms with E-state index < -0.39 is 9.84 Å². The fraction of sp³-hybridized carbons (Fsp3) is 0.941. The molecule has 138 valence electrons. The Bertz CT molecular complexity index is 543. The van der Waals surface area contributed by atoms with Crippen LogP contribution < -0.4 is 0 Å². The van der Waals surface area contributed by atoms with E-state index >= 15 is 0 Å². The van der Waals surface area contributed by atoms with Gasteiger partial charge in [-0.2, -0.15) is 0 Å². The highest BCUT2D eigenvalue weighted by molar-refractivity contribution is 7.91. The van der Waals surface area contributed by atoms with Gasteiger partial charge in [0.25, 0.3) is 0 Å². The Morgan fingerprint density at radius 2 is 1.71 bits per heavy atom. The topological polar surface area (TPSA) is 66.9 Å². The molecule has 2 aliphatic heterocycles. The van der Waals surface area contributed by atoms with Crippen LogP contribution in [0, 0.1) is 5.92 Å². The number of methoxy groups -OCH3 is 1. The van der Waals surface area contributed by atoms with E-state index in [-0.39, 0.29) is 35.4 Å². The van der Waals surface area contributed by atoms with Gasteiger partial charge in [-0.15, -0.1) is 0 Å². The molecule has 6 nitrogen and oxygen atoms in total. The molecular weight excluding hydrogens is 328 g/mol. The zero-order valence-electron chi connectivity index (χ0n) is 14.7. The van der Waals surface area contributed by atoms with Crippen LogP contribution in [0.5, 0.6) is 0 Å². The standard InChI is InChI=1S/C17H30N2O4S/c1-23-11-10-18-8-9-19(16-13-24(21,22)12-15(16)18)17(20)14-6-4-2-3-5-7-14/h14-16H,2-13H2,1H3/t15-,16+/m1/s1. The van der Waals surface area contributed by atoms with Gasteiger partial charge in [0.05, 0.1) is 24.2 Å². The van der Waals surface area contributed by atoms with Crippen molar-refractivity contribution < 1.29 is 17.9 Å². The summed E-state index contributed by atoms with van der Waals surface area (Å²) in [5.74, 6) is 0.604. The van der Waals surface area contributed by atoms with E-state index in [1.165, 1.54) is 12.8 Å². The van der Waals surface area contributed by atoms with Crippen LogP contribution in [0.25, 0.3) is 0 Å². The van der Waals surface area contributed by atoms with E-state index in [1.807, 2.05) is 4.90 Å². The van der Waals surface area contributed by atoms with Crippen LogP contribution in [0.3, 0.4) is 0 Å². The second kappa shape index (κ2) is 7.70. The molecule has 0 radical (unpaired) electrons. The van der Waals surface area contributed by atoms with E-state index in [0.717, 1.165) is 38.8 Å². The SMILES string of the molecule is COCCN1CCN(C(=O)C2CCCCCC2)[C@H]2CS(=O)(=O)C[C@H]21. The molecule has 0 N–H and O–H groups in total. The number of hydrogen-bond donors (Lipinski definition) is 0. The van der Waals surface area contributed by atoms with Crippen LogP contribution in [0.15, 0.2) is 0 Å². The number of nitrogens with zero attached hydrogens (tertiary/aromatic N) is 2. The van der Waals surface area contributed by atoms with Gasteiger partial charge in [0.2, 0.25) is 5.91 Å². The number of piperazine rings is 1. The summed E-state index contributed by atoms with van der Waals surface area (Å²) >= 11 is 0. The number of carbonyl (C=O) groups excluding carboxylic acids is 1. The molecule has 0 unspecified atom stereocenters. The molecule has 1 saturated carbocycles. The van der Waals surface area contributed by atoms with Crippen molar-refractivity contribution in [3.05, 3.63) is 0 Å². The fourth-order valence-corrected chi connectivity index (χ4v) is 6.56. The first-order chi connectivity index (χ1) is 11.5. The maximum atomic E-state index is 13.1. The van der Waals surface area contributed by atoms with E-state index in [4.69, 9.17) is 4.74 Å². The van der Waals surface area contributed by atoms with Crippen LogP contribution in [-0.2, 0) is 19.4 Å². The molecule has 2 atom stereocenters. The van der Waals surface area contributed by atoms with Gasteiger partial charge in [-0.1, -0.05) is 25.7 Å². The highest BCUT2D eigenvalue weighted by Crippen LogP contribution is 2.31. The maximum Gasteiger partial charge on any atom is 0.226 e. The van der Waals surface area contributed by atoms with Crippen molar-refractivity contribution in [2.45, 2.75) is 50.6 Å². The Morgan fingerprint density at radius 3 is 2.38 bits per heavy atom. The number of rotatable bonds is 4. The first-order valence-corrected chi connectivity index (χ1v) is 11.1. The van der Waals surface area contributed by atoms with Crippen molar-refractivity contribution in [2.75, 3.05) is 44.9 Å². The molecule has 1 amide bonds. The average Bonchev–Trinajstić information content (AvgIpc) is 2.74. The highest BCUT2D eigenvalue weighted by Gasteiger charge is 2.48. The molecule has 0 bridgehead atoms. The van der Waals surface area contributed by atoms with Crippen molar-refractivity contribution in [2.24, 2.45) is 5.92 Å². The molecule has 7 heteroatoms. The average molecular weight is 359 g/mol. The van der Waals surface area contributed by atoms with Crippen LogP contribution >= 0.6 is 0 Å². The summed E-state index contributed by atoms with van der Waals surface area (Å²) < 4.78 is 29.6. The predicted octanol–water partition coefficient (Wildman–Crippen LogP) is 0.913. The van der Waals surface area contributed by atoms with Crippen LogP contribution in [0.1, 0.15) is 38.5 Å². The Kier molecular flexibility index (Phi) is 5.82. The summed E-state index contributed by atoms with van der Waals surface area (Å²) in [7, 11) is -1.41. The molecule has 2 heterocycles. The molecule has 0 aromatic heterocycles. The van der Waals surface area contributed by atoms with E-state index in [0.29, 0.717) is 13.2 Å². The Balaban J connectivity index is 1.73. The smallest absolute Gasteiger partial charge is 0.226 e. The van der Waals surface area contributed by atoms with Gasteiger partial charge in [0.15, 0.2) is 9.84 Å². The van der Waals surface area contributed by atoms with Crippen molar-refractivity contribution >= 4 is 15.7 Å². The van der Waals surface area contributed by atoms with Gasteiger partial charge in [0, 0.05) is 38.7 Å². The van der Waals surface area contributed by atoms with Crippen molar-refractivity contribution in [1.29, 1.82) is 0 Å². The predicted molar refractivity (Wildman–Crippen MR) is 92.6 cm³/mol. The molecule has 1 aliphatic carbocycles. The number of fused-ring (bicyclic) bond motifs is 1. The minimum absolute atomic E-state index is 0.0615. The normalized spacial score (nSPS) is 31.6. The monoisotopic (exact) mass is 358 g/mol. The second-order valence-corrected chi connectivity index (χ2v) is 9.61. The molecule has 24 heavy (non-hydrogen) atoms. The van der Waals surface area contributed by atoms with E-state index in [9.17, 15) is 13.2 Å². The summed E-state index contributed by atoms with van der Waals surface area (Å²) in [4.78, 5) is 17.2. The Morgan fingerprint density at radius 1 is 1.04 bits per heavy atom. The number of hydrogen-bond acceptors (Lipinski definition) is 5. The van der Waals surface area contributed by atoms with Gasteiger partial charge >= 0.3 is 0 Å². The second-order valence-electron chi connectivity index (χ2n) is 7.46. The molecule has 3 fully saturated rings. The third-order valence-corrected chi connectivity index (χ3v) is 7.56. The Hall–Kier alpha value is -0.660. The molecule has 0 aromatic rings. The molecule has 3 rings (SSSR count). The third-order valence-electron chi connectivity index (χ3n) is 5.86.